The first kappa shape index (κ1) is 16.5. The second-order valence-electron chi connectivity index (χ2n) is 6.15. The SMILES string of the molecule is COC(=O)C1(C(=O)N[C@@H](C)[C@H](c2ccccc2)N(C)C)CC1. The summed E-state index contributed by atoms with van der Waals surface area (Å²) < 4.78 is 4.76. The standard InChI is InChI=1S/C17H24N2O3/c1-12(14(19(2)3)13-8-6-5-7-9-13)18-15(20)17(10-11-17)16(21)22-4/h5-9,12,14H,10-11H2,1-4H3,(H,18,20)/t12-,14+/m0/s1. The lowest BCUT2D eigenvalue weighted by atomic mass is 9.98. The van der Waals surface area contributed by atoms with E-state index >= 15 is 0 Å². The van der Waals surface area contributed by atoms with Crippen LogP contribution >= 0.6 is 0 Å². The predicted octanol–water partition coefficient (Wildman–Crippen LogP) is 1.75. The molecule has 0 spiro atoms. The van der Waals surface area contributed by atoms with Gasteiger partial charge in [0.15, 0.2) is 0 Å². The Kier molecular flexibility index (Phi) is 4.86. The number of benzene rings is 1. The molecule has 22 heavy (non-hydrogen) atoms. The first-order valence-electron chi connectivity index (χ1n) is 7.53. The Morgan fingerprint density at radius 1 is 1.23 bits per heavy atom. The van der Waals surface area contributed by atoms with Crippen molar-refractivity contribution in [3.63, 3.8) is 0 Å². The van der Waals surface area contributed by atoms with Crippen LogP contribution in [-0.4, -0.2) is 44.0 Å². The zero-order chi connectivity index (χ0) is 16.3. The highest BCUT2D eigenvalue weighted by Gasteiger charge is 2.58. The quantitative estimate of drug-likeness (QED) is 0.642. The summed E-state index contributed by atoms with van der Waals surface area (Å²) in [6.45, 7) is 1.96. The van der Waals surface area contributed by atoms with Crippen LogP contribution in [0.1, 0.15) is 31.4 Å². The van der Waals surface area contributed by atoms with Crippen molar-refractivity contribution in [2.24, 2.45) is 5.41 Å². The van der Waals surface area contributed by atoms with Crippen molar-refractivity contribution >= 4 is 11.9 Å². The highest BCUT2D eigenvalue weighted by Crippen LogP contribution is 2.47. The van der Waals surface area contributed by atoms with Crippen LogP contribution in [0.4, 0.5) is 0 Å². The monoisotopic (exact) mass is 304 g/mol. The van der Waals surface area contributed by atoms with E-state index < -0.39 is 11.4 Å². The Labute approximate surface area is 131 Å². The van der Waals surface area contributed by atoms with Gasteiger partial charge in [-0.15, -0.1) is 0 Å². The van der Waals surface area contributed by atoms with Crippen LogP contribution in [0, 0.1) is 5.41 Å². The van der Waals surface area contributed by atoms with Gasteiger partial charge in [-0.25, -0.2) is 0 Å². The molecule has 5 heteroatoms. The number of carbonyl (C=O) groups excluding carboxylic acids is 2. The van der Waals surface area contributed by atoms with Crippen molar-refractivity contribution in [2.75, 3.05) is 21.2 Å². The van der Waals surface area contributed by atoms with Crippen LogP contribution in [0.2, 0.25) is 0 Å². The number of hydrogen-bond acceptors (Lipinski definition) is 4. The number of rotatable bonds is 6. The zero-order valence-corrected chi connectivity index (χ0v) is 13.6. The highest BCUT2D eigenvalue weighted by molar-refractivity contribution is 6.05. The third-order valence-electron chi connectivity index (χ3n) is 4.29. The summed E-state index contributed by atoms with van der Waals surface area (Å²) in [5.74, 6) is -0.659. The topological polar surface area (TPSA) is 58.6 Å². The summed E-state index contributed by atoms with van der Waals surface area (Å²) in [4.78, 5) is 26.3. The van der Waals surface area contributed by atoms with Gasteiger partial charge in [-0.2, -0.15) is 0 Å². The molecule has 1 fully saturated rings. The summed E-state index contributed by atoms with van der Waals surface area (Å²) in [5.41, 5.74) is 0.166. The maximum Gasteiger partial charge on any atom is 0.321 e. The van der Waals surface area contributed by atoms with Gasteiger partial charge in [-0.05, 0) is 39.4 Å². The lowest BCUT2D eigenvalue weighted by molar-refractivity contribution is -0.152. The van der Waals surface area contributed by atoms with Crippen LogP contribution < -0.4 is 5.32 Å². The first-order chi connectivity index (χ1) is 10.4. The molecule has 5 nitrogen and oxygen atoms in total. The largest absolute Gasteiger partial charge is 0.468 e. The molecule has 0 unspecified atom stereocenters. The fourth-order valence-electron chi connectivity index (χ4n) is 2.95. The maximum atomic E-state index is 12.5. The van der Waals surface area contributed by atoms with Crippen LogP contribution in [0.15, 0.2) is 30.3 Å². The molecule has 1 aliphatic rings. The molecule has 0 heterocycles. The number of carbonyl (C=O) groups is 2. The molecule has 1 saturated carbocycles. The summed E-state index contributed by atoms with van der Waals surface area (Å²) in [5, 5.41) is 3.00. The Balaban J connectivity index is 2.11. The van der Waals surface area contributed by atoms with Crippen LogP contribution in [0.25, 0.3) is 0 Å². The molecule has 0 radical (unpaired) electrons. The predicted molar refractivity (Wildman–Crippen MR) is 84.2 cm³/mol. The third kappa shape index (κ3) is 3.14. The van der Waals surface area contributed by atoms with Crippen molar-refractivity contribution < 1.29 is 14.3 Å². The molecule has 1 aromatic carbocycles. The fraction of sp³-hybridized carbons (Fsp3) is 0.529. The summed E-state index contributed by atoms with van der Waals surface area (Å²) in [6.07, 6.45) is 1.13. The molecule has 0 aliphatic heterocycles. The van der Waals surface area contributed by atoms with Gasteiger partial charge in [-0.3, -0.25) is 9.59 Å². The van der Waals surface area contributed by atoms with E-state index in [2.05, 4.69) is 10.2 Å². The third-order valence-corrected chi connectivity index (χ3v) is 4.29. The van der Waals surface area contributed by atoms with E-state index in [1.165, 1.54) is 7.11 Å². The minimum Gasteiger partial charge on any atom is -0.468 e. The van der Waals surface area contributed by atoms with E-state index in [4.69, 9.17) is 4.74 Å². The zero-order valence-electron chi connectivity index (χ0n) is 13.6. The molecule has 1 amide bonds. The second-order valence-corrected chi connectivity index (χ2v) is 6.15. The summed E-state index contributed by atoms with van der Waals surface area (Å²) in [6, 6.07) is 9.94. The fourth-order valence-corrected chi connectivity index (χ4v) is 2.95. The molecular formula is C17H24N2O3. The highest BCUT2D eigenvalue weighted by atomic mass is 16.5. The molecule has 0 aromatic heterocycles. The summed E-state index contributed by atoms with van der Waals surface area (Å²) in [7, 11) is 5.28. The second kappa shape index (κ2) is 6.48. The molecule has 1 N–H and O–H groups in total. The van der Waals surface area contributed by atoms with Gasteiger partial charge in [0.05, 0.1) is 13.2 Å². The van der Waals surface area contributed by atoms with Crippen molar-refractivity contribution in [1.82, 2.24) is 10.2 Å². The number of amides is 1. The van der Waals surface area contributed by atoms with Gasteiger partial charge >= 0.3 is 5.97 Å². The first-order valence-corrected chi connectivity index (χ1v) is 7.53. The molecule has 2 atom stereocenters. The Morgan fingerprint density at radius 2 is 1.82 bits per heavy atom. The average molecular weight is 304 g/mol. The molecule has 1 aliphatic carbocycles. The smallest absolute Gasteiger partial charge is 0.321 e. The normalized spacial score (nSPS) is 18.4. The van der Waals surface area contributed by atoms with E-state index in [1.807, 2.05) is 51.4 Å². The van der Waals surface area contributed by atoms with Crippen LogP contribution in [0.5, 0.6) is 0 Å². The van der Waals surface area contributed by atoms with Crippen molar-refractivity contribution in [3.05, 3.63) is 35.9 Å². The van der Waals surface area contributed by atoms with Crippen molar-refractivity contribution in [2.45, 2.75) is 31.8 Å². The molecule has 120 valence electrons. The number of esters is 1. The van der Waals surface area contributed by atoms with E-state index in [9.17, 15) is 9.59 Å². The van der Waals surface area contributed by atoms with Gasteiger partial charge in [0, 0.05) is 6.04 Å². The van der Waals surface area contributed by atoms with Gasteiger partial charge in [0.1, 0.15) is 5.41 Å². The molecule has 0 saturated heterocycles. The maximum absolute atomic E-state index is 12.5. The minimum absolute atomic E-state index is 0.0404. The van der Waals surface area contributed by atoms with Gasteiger partial charge in [0.2, 0.25) is 5.91 Å². The Bertz CT molecular complexity index is 538. The lowest BCUT2D eigenvalue weighted by Crippen LogP contribution is -2.47. The molecule has 2 rings (SSSR count). The molecule has 1 aromatic rings. The van der Waals surface area contributed by atoms with E-state index in [0.717, 1.165) is 5.56 Å². The minimum atomic E-state index is -0.962. The lowest BCUT2D eigenvalue weighted by Gasteiger charge is -2.32. The Hall–Kier alpha value is -1.88. The van der Waals surface area contributed by atoms with Gasteiger partial charge in [0.25, 0.3) is 0 Å². The number of methoxy groups -OCH3 is 1. The average Bonchev–Trinajstić information content (AvgIpc) is 3.29. The van der Waals surface area contributed by atoms with Gasteiger partial charge in [-0.1, -0.05) is 30.3 Å². The molecule has 0 bridgehead atoms. The Morgan fingerprint density at radius 3 is 2.27 bits per heavy atom. The van der Waals surface area contributed by atoms with Crippen molar-refractivity contribution in [3.8, 4) is 0 Å². The van der Waals surface area contributed by atoms with E-state index in [1.54, 1.807) is 0 Å². The van der Waals surface area contributed by atoms with E-state index in [0.29, 0.717) is 12.8 Å². The molecular weight excluding hydrogens is 280 g/mol. The number of likely N-dealkylation sites (N-methyl/N-ethyl adjacent to an activating group) is 1. The van der Waals surface area contributed by atoms with Crippen LogP contribution in [-0.2, 0) is 14.3 Å². The van der Waals surface area contributed by atoms with Crippen LogP contribution in [0.3, 0.4) is 0 Å². The number of nitrogens with zero attached hydrogens (tertiary/aromatic N) is 1. The summed E-state index contributed by atoms with van der Waals surface area (Å²) >= 11 is 0. The number of ether oxygens (including phenoxy) is 1. The number of nitrogens with one attached hydrogen (secondary N) is 1. The van der Waals surface area contributed by atoms with Crippen molar-refractivity contribution in [1.29, 1.82) is 0 Å². The van der Waals surface area contributed by atoms with Gasteiger partial charge < -0.3 is 15.0 Å². The van der Waals surface area contributed by atoms with E-state index in [-0.39, 0.29) is 18.0 Å². The number of hydrogen-bond donors (Lipinski definition) is 1.